The summed E-state index contributed by atoms with van der Waals surface area (Å²) in [4.78, 5) is 31.8. The van der Waals surface area contributed by atoms with Gasteiger partial charge in [-0.3, -0.25) is 19.2 Å². The molecule has 3 aliphatic rings. The lowest BCUT2D eigenvalue weighted by Crippen LogP contribution is -2.43. The molecule has 2 saturated carbocycles. The molecule has 6 rings (SSSR count). The monoisotopic (exact) mass is 514 g/mol. The van der Waals surface area contributed by atoms with Crippen molar-refractivity contribution in [1.82, 2.24) is 20.1 Å². The fourth-order valence-electron chi connectivity index (χ4n) is 5.62. The van der Waals surface area contributed by atoms with Crippen LogP contribution in [0.5, 0.6) is 0 Å². The number of carbonyl (C=O) groups excluding carboxylic acids is 2. The number of carbonyl (C=O) groups is 2. The summed E-state index contributed by atoms with van der Waals surface area (Å²) >= 11 is 6.12. The summed E-state index contributed by atoms with van der Waals surface area (Å²) in [6.45, 7) is 4.76. The smallest absolute Gasteiger partial charge is 0.254 e. The zero-order chi connectivity index (χ0) is 25.8. The Bertz CT molecular complexity index is 1450. The van der Waals surface area contributed by atoms with E-state index < -0.39 is 0 Å². The lowest BCUT2D eigenvalue weighted by Gasteiger charge is -2.36. The molecular formula is C28H27ClN6O2. The first-order chi connectivity index (χ1) is 17.8. The van der Waals surface area contributed by atoms with E-state index in [0.29, 0.717) is 22.1 Å². The van der Waals surface area contributed by atoms with Crippen LogP contribution >= 0.6 is 11.6 Å². The SMILES string of the molecule is Cc1cc(C(C)n2cc(C(=O)NC3CC(c4cc(Cl)ccc4C#N)C3)cn2)cnc1N1C[C@H]2C[C@H]2C1=O. The molecule has 2 amide bonds. The molecule has 3 fully saturated rings. The van der Waals surface area contributed by atoms with Crippen LogP contribution in [0.4, 0.5) is 5.82 Å². The van der Waals surface area contributed by atoms with E-state index in [0.717, 1.165) is 48.3 Å². The Morgan fingerprint density at radius 1 is 1.24 bits per heavy atom. The van der Waals surface area contributed by atoms with Crippen molar-refractivity contribution in [2.45, 2.75) is 51.1 Å². The van der Waals surface area contributed by atoms with Crippen LogP contribution in [0.25, 0.3) is 0 Å². The van der Waals surface area contributed by atoms with E-state index in [1.54, 1.807) is 35.4 Å². The first-order valence-electron chi connectivity index (χ1n) is 12.6. The van der Waals surface area contributed by atoms with Gasteiger partial charge in [0, 0.05) is 35.9 Å². The summed E-state index contributed by atoms with van der Waals surface area (Å²) in [5, 5.41) is 17.5. The molecule has 37 heavy (non-hydrogen) atoms. The summed E-state index contributed by atoms with van der Waals surface area (Å²) in [5.41, 5.74) is 4.01. The van der Waals surface area contributed by atoms with Crippen LogP contribution in [-0.2, 0) is 4.79 Å². The first-order valence-corrected chi connectivity index (χ1v) is 13.0. The van der Waals surface area contributed by atoms with Gasteiger partial charge in [0.1, 0.15) is 5.82 Å². The molecule has 3 atom stereocenters. The van der Waals surface area contributed by atoms with E-state index in [1.165, 1.54) is 0 Å². The fourth-order valence-corrected chi connectivity index (χ4v) is 5.80. The van der Waals surface area contributed by atoms with E-state index in [2.05, 4.69) is 21.5 Å². The van der Waals surface area contributed by atoms with Gasteiger partial charge in [-0.25, -0.2) is 4.98 Å². The number of hydrogen-bond donors (Lipinski definition) is 1. The summed E-state index contributed by atoms with van der Waals surface area (Å²) < 4.78 is 1.76. The minimum atomic E-state index is -0.163. The standard InChI is InChI=1S/C28H27ClN6O2/c1-15-5-19(11-31-26(15)34-13-20-8-25(20)28(34)37)16(2)35-14-21(12-32-35)27(36)33-23-6-18(7-23)24-9-22(29)4-3-17(24)10-30/h3-5,9,11-12,14,16,18,20,23,25H,6-8,13H2,1-2H3,(H,33,36)/t16?,18?,20-,23?,25-/m1/s1. The Morgan fingerprint density at radius 3 is 2.76 bits per heavy atom. The molecule has 3 aromatic rings. The van der Waals surface area contributed by atoms with Gasteiger partial charge in [-0.2, -0.15) is 10.4 Å². The van der Waals surface area contributed by atoms with Gasteiger partial charge in [0.15, 0.2) is 0 Å². The fraction of sp³-hybridized carbons (Fsp3) is 0.393. The molecule has 1 saturated heterocycles. The second-order valence-corrected chi connectivity index (χ2v) is 11.0. The van der Waals surface area contributed by atoms with E-state index >= 15 is 0 Å². The highest BCUT2D eigenvalue weighted by molar-refractivity contribution is 6.30. The topological polar surface area (TPSA) is 104 Å². The van der Waals surface area contributed by atoms with Gasteiger partial charge < -0.3 is 5.32 Å². The van der Waals surface area contributed by atoms with Gasteiger partial charge in [-0.05, 0) is 85.9 Å². The number of aromatic nitrogens is 3. The van der Waals surface area contributed by atoms with Crippen molar-refractivity contribution >= 4 is 29.2 Å². The largest absolute Gasteiger partial charge is 0.349 e. The van der Waals surface area contributed by atoms with Gasteiger partial charge in [0.05, 0.1) is 29.4 Å². The Labute approximate surface area is 220 Å². The number of anilines is 1. The Balaban J connectivity index is 1.08. The summed E-state index contributed by atoms with van der Waals surface area (Å²) in [5.74, 6) is 1.68. The quantitative estimate of drug-likeness (QED) is 0.525. The Morgan fingerprint density at radius 2 is 2.05 bits per heavy atom. The van der Waals surface area contributed by atoms with Crippen molar-refractivity contribution < 1.29 is 9.59 Å². The predicted molar refractivity (Wildman–Crippen MR) is 138 cm³/mol. The summed E-state index contributed by atoms with van der Waals surface area (Å²) in [6, 6.07) is 9.52. The van der Waals surface area contributed by atoms with Gasteiger partial charge in [-0.15, -0.1) is 0 Å². The average Bonchev–Trinajstić information content (AvgIpc) is 3.32. The van der Waals surface area contributed by atoms with Gasteiger partial charge in [0.2, 0.25) is 5.91 Å². The van der Waals surface area contributed by atoms with Crippen LogP contribution in [0.3, 0.4) is 0 Å². The van der Waals surface area contributed by atoms with Crippen molar-refractivity contribution in [2.24, 2.45) is 11.8 Å². The van der Waals surface area contributed by atoms with Gasteiger partial charge in [-0.1, -0.05) is 11.6 Å². The molecule has 0 radical (unpaired) electrons. The molecule has 1 unspecified atom stereocenters. The first kappa shape index (κ1) is 23.7. The minimum Gasteiger partial charge on any atom is -0.349 e. The van der Waals surface area contributed by atoms with E-state index in [-0.39, 0.29) is 35.7 Å². The third-order valence-electron chi connectivity index (χ3n) is 8.04. The van der Waals surface area contributed by atoms with Crippen LogP contribution in [0, 0.1) is 30.1 Å². The van der Waals surface area contributed by atoms with Crippen molar-refractivity contribution in [3.8, 4) is 6.07 Å². The molecule has 188 valence electrons. The van der Waals surface area contributed by atoms with Crippen molar-refractivity contribution in [3.05, 3.63) is 75.7 Å². The number of nitrogens with one attached hydrogen (secondary N) is 1. The number of benzene rings is 1. The van der Waals surface area contributed by atoms with Gasteiger partial charge in [0.25, 0.3) is 5.91 Å². The molecule has 8 nitrogen and oxygen atoms in total. The second kappa shape index (κ2) is 9.00. The molecule has 1 aliphatic heterocycles. The van der Waals surface area contributed by atoms with Crippen molar-refractivity contribution in [1.29, 1.82) is 5.26 Å². The predicted octanol–water partition coefficient (Wildman–Crippen LogP) is 4.38. The number of piperidine rings is 1. The number of amides is 2. The second-order valence-electron chi connectivity index (χ2n) is 10.5. The molecule has 2 aliphatic carbocycles. The molecule has 0 bridgehead atoms. The lowest BCUT2D eigenvalue weighted by molar-refractivity contribution is -0.118. The third-order valence-corrected chi connectivity index (χ3v) is 8.28. The minimum absolute atomic E-state index is 0.0440. The third kappa shape index (κ3) is 4.27. The number of nitriles is 1. The number of aryl methyl sites for hydroxylation is 1. The average molecular weight is 515 g/mol. The Kier molecular flexibility index (Phi) is 5.76. The summed E-state index contributed by atoms with van der Waals surface area (Å²) in [6.07, 6.45) is 7.68. The van der Waals surface area contributed by atoms with Crippen LogP contribution in [0.1, 0.15) is 70.8 Å². The molecule has 0 spiro atoms. The number of rotatable bonds is 6. The van der Waals surface area contributed by atoms with E-state index in [9.17, 15) is 14.9 Å². The highest BCUT2D eigenvalue weighted by Gasteiger charge is 2.53. The number of halogens is 1. The highest BCUT2D eigenvalue weighted by atomic mass is 35.5. The maximum Gasteiger partial charge on any atom is 0.254 e. The zero-order valence-electron chi connectivity index (χ0n) is 20.7. The van der Waals surface area contributed by atoms with Crippen molar-refractivity contribution in [2.75, 3.05) is 11.4 Å². The molecule has 1 N–H and O–H groups in total. The molecule has 3 heterocycles. The highest BCUT2D eigenvalue weighted by Crippen LogP contribution is 2.47. The number of nitrogens with zero attached hydrogens (tertiary/aromatic N) is 5. The van der Waals surface area contributed by atoms with Crippen LogP contribution in [0.15, 0.2) is 42.9 Å². The van der Waals surface area contributed by atoms with Gasteiger partial charge >= 0.3 is 0 Å². The maximum atomic E-state index is 12.9. The molecule has 9 heteroatoms. The zero-order valence-corrected chi connectivity index (χ0v) is 21.4. The Hall–Kier alpha value is -3.70. The number of hydrogen-bond acceptors (Lipinski definition) is 5. The number of pyridine rings is 1. The van der Waals surface area contributed by atoms with E-state index in [4.69, 9.17) is 11.6 Å². The van der Waals surface area contributed by atoms with Crippen LogP contribution in [-0.4, -0.2) is 39.2 Å². The lowest BCUT2D eigenvalue weighted by atomic mass is 9.74. The normalized spacial score (nSPS) is 24.7. The van der Waals surface area contributed by atoms with Crippen LogP contribution < -0.4 is 10.2 Å². The molecule has 1 aromatic carbocycles. The van der Waals surface area contributed by atoms with Crippen molar-refractivity contribution in [3.63, 3.8) is 0 Å². The summed E-state index contributed by atoms with van der Waals surface area (Å²) in [7, 11) is 0. The molecular weight excluding hydrogens is 488 g/mol. The van der Waals surface area contributed by atoms with E-state index in [1.807, 2.05) is 30.9 Å². The van der Waals surface area contributed by atoms with Crippen LogP contribution in [0.2, 0.25) is 5.02 Å². The molecule has 2 aromatic heterocycles. The maximum absolute atomic E-state index is 12.9. The number of fused-ring (bicyclic) bond motifs is 1.